The Morgan fingerprint density at radius 3 is 3.00 bits per heavy atom. The van der Waals surface area contributed by atoms with Crippen molar-refractivity contribution in [1.29, 1.82) is 0 Å². The third-order valence-corrected chi connectivity index (χ3v) is 3.67. The highest BCUT2D eigenvalue weighted by Crippen LogP contribution is 2.22. The first-order valence-corrected chi connectivity index (χ1v) is 6.59. The summed E-state index contributed by atoms with van der Waals surface area (Å²) in [6, 6.07) is 0. The Hall–Kier alpha value is -1.74. The second-order valence-electron chi connectivity index (χ2n) is 3.58. The largest absolute Gasteiger partial charge is 0.404 e. The predicted molar refractivity (Wildman–Crippen MR) is 68.8 cm³/mol. The number of halogens is 1. The highest BCUT2D eigenvalue weighted by atomic mass is 79.9. The molecule has 0 spiro atoms. The van der Waals surface area contributed by atoms with Crippen LogP contribution in [0.25, 0.3) is 4.96 Å². The van der Waals surface area contributed by atoms with Crippen LogP contribution in [0.4, 0.5) is 5.82 Å². The molecule has 7 nitrogen and oxygen atoms in total. The molecule has 92 valence electrons. The van der Waals surface area contributed by atoms with Crippen molar-refractivity contribution in [2.24, 2.45) is 0 Å². The van der Waals surface area contributed by atoms with Gasteiger partial charge >= 0.3 is 5.82 Å². The molecule has 0 amide bonds. The summed E-state index contributed by atoms with van der Waals surface area (Å²) in [6.45, 7) is 0.404. The number of imidazole rings is 1. The third-order valence-electron chi connectivity index (χ3n) is 2.34. The van der Waals surface area contributed by atoms with Crippen molar-refractivity contribution in [2.45, 2.75) is 6.54 Å². The standard InChI is InChI=1S/C9H6BrN5O2S/c10-7-5-14(12-8(7)15(16)17)4-6-3-13-1-2-18-9(13)11-6/h1-3,5H,4H2. The Kier molecular flexibility index (Phi) is 2.63. The molecule has 0 aliphatic rings. The second kappa shape index (κ2) is 4.18. The van der Waals surface area contributed by atoms with E-state index in [1.54, 1.807) is 6.20 Å². The summed E-state index contributed by atoms with van der Waals surface area (Å²) in [7, 11) is 0. The van der Waals surface area contributed by atoms with Gasteiger partial charge in [0.05, 0.1) is 17.0 Å². The van der Waals surface area contributed by atoms with E-state index in [-0.39, 0.29) is 5.82 Å². The molecule has 0 aliphatic heterocycles. The van der Waals surface area contributed by atoms with Crippen LogP contribution in [0.1, 0.15) is 5.69 Å². The normalized spacial score (nSPS) is 11.2. The molecule has 0 atom stereocenters. The molecule has 0 unspecified atom stereocenters. The van der Waals surface area contributed by atoms with E-state index in [2.05, 4.69) is 26.0 Å². The van der Waals surface area contributed by atoms with Crippen LogP contribution in [0.15, 0.2) is 28.4 Å². The molecule has 0 fully saturated rings. The van der Waals surface area contributed by atoms with Crippen LogP contribution in [0.5, 0.6) is 0 Å². The zero-order valence-electron chi connectivity index (χ0n) is 8.86. The van der Waals surface area contributed by atoms with E-state index in [0.29, 0.717) is 11.0 Å². The topological polar surface area (TPSA) is 78.3 Å². The van der Waals surface area contributed by atoms with E-state index in [0.717, 1.165) is 10.7 Å². The van der Waals surface area contributed by atoms with E-state index in [9.17, 15) is 10.1 Å². The molecule has 9 heteroatoms. The third kappa shape index (κ3) is 1.91. The number of aromatic nitrogens is 4. The summed E-state index contributed by atoms with van der Waals surface area (Å²) in [5.74, 6) is -0.184. The van der Waals surface area contributed by atoms with Crippen LogP contribution in [0.2, 0.25) is 0 Å². The van der Waals surface area contributed by atoms with Crippen molar-refractivity contribution < 1.29 is 4.92 Å². The van der Waals surface area contributed by atoms with Gasteiger partial charge < -0.3 is 10.1 Å². The van der Waals surface area contributed by atoms with Gasteiger partial charge in [-0.2, -0.15) is 4.68 Å². The molecule has 0 bridgehead atoms. The Bertz CT molecular complexity index is 702. The van der Waals surface area contributed by atoms with Crippen LogP contribution in [-0.2, 0) is 6.54 Å². The fraction of sp³-hybridized carbons (Fsp3) is 0.111. The predicted octanol–water partition coefficient (Wildman–Crippen LogP) is 2.31. The smallest absolute Gasteiger partial charge is 0.358 e. The number of rotatable bonds is 3. The van der Waals surface area contributed by atoms with E-state index in [1.165, 1.54) is 16.0 Å². The summed E-state index contributed by atoms with van der Waals surface area (Å²) in [5.41, 5.74) is 0.812. The van der Waals surface area contributed by atoms with Gasteiger partial charge in [-0.1, -0.05) is 0 Å². The number of thiazole rings is 1. The van der Waals surface area contributed by atoms with Crippen molar-refractivity contribution in [3.8, 4) is 0 Å². The van der Waals surface area contributed by atoms with Gasteiger partial charge in [-0.3, -0.25) is 4.40 Å². The second-order valence-corrected chi connectivity index (χ2v) is 5.31. The number of hydrogen-bond acceptors (Lipinski definition) is 5. The van der Waals surface area contributed by atoms with Crippen molar-refractivity contribution in [2.75, 3.05) is 0 Å². The fourth-order valence-corrected chi connectivity index (χ4v) is 2.79. The first kappa shape index (κ1) is 11.4. The Labute approximate surface area is 113 Å². The van der Waals surface area contributed by atoms with Crippen LogP contribution in [0, 0.1) is 10.1 Å². The van der Waals surface area contributed by atoms with Crippen molar-refractivity contribution in [3.05, 3.63) is 44.3 Å². The monoisotopic (exact) mass is 327 g/mol. The number of fused-ring (bicyclic) bond motifs is 1. The molecule has 0 saturated heterocycles. The van der Waals surface area contributed by atoms with Gasteiger partial charge in [0.15, 0.2) is 4.96 Å². The average Bonchev–Trinajstić information content (AvgIpc) is 2.92. The van der Waals surface area contributed by atoms with Crippen molar-refractivity contribution >= 4 is 38.0 Å². The lowest BCUT2D eigenvalue weighted by molar-refractivity contribution is -0.390. The summed E-state index contributed by atoms with van der Waals surface area (Å²) in [6.07, 6.45) is 5.37. The molecule has 0 aliphatic carbocycles. The SMILES string of the molecule is O=[N+]([O-])c1nn(Cc2cn3ccsc3n2)cc1Br. The molecule has 0 N–H and O–H groups in total. The number of nitro groups is 1. The summed E-state index contributed by atoms with van der Waals surface area (Å²) < 4.78 is 3.77. The minimum Gasteiger partial charge on any atom is -0.358 e. The van der Waals surface area contributed by atoms with Gasteiger partial charge in [0.25, 0.3) is 0 Å². The van der Waals surface area contributed by atoms with E-state index in [4.69, 9.17) is 0 Å². The molecule has 3 aromatic rings. The van der Waals surface area contributed by atoms with Crippen LogP contribution in [-0.4, -0.2) is 24.1 Å². The molecule has 3 aromatic heterocycles. The van der Waals surface area contributed by atoms with Gasteiger partial charge in [-0.05, 0) is 20.9 Å². The van der Waals surface area contributed by atoms with E-state index < -0.39 is 4.92 Å². The van der Waals surface area contributed by atoms with Crippen molar-refractivity contribution in [1.82, 2.24) is 19.2 Å². The summed E-state index contributed by atoms with van der Waals surface area (Å²) >= 11 is 4.65. The maximum atomic E-state index is 10.7. The molecule has 0 radical (unpaired) electrons. The molecular weight excluding hydrogens is 322 g/mol. The summed E-state index contributed by atoms with van der Waals surface area (Å²) in [5, 5.41) is 16.5. The fourth-order valence-electron chi connectivity index (χ4n) is 1.61. The minimum atomic E-state index is -0.521. The highest BCUT2D eigenvalue weighted by molar-refractivity contribution is 9.10. The van der Waals surface area contributed by atoms with Crippen LogP contribution < -0.4 is 0 Å². The minimum absolute atomic E-state index is 0.184. The van der Waals surface area contributed by atoms with E-state index >= 15 is 0 Å². The molecule has 0 saturated carbocycles. The lowest BCUT2D eigenvalue weighted by atomic mass is 10.5. The molecular formula is C9H6BrN5O2S. The maximum absolute atomic E-state index is 10.7. The van der Waals surface area contributed by atoms with Gasteiger partial charge in [-0.25, -0.2) is 4.98 Å². The Balaban J connectivity index is 1.90. The van der Waals surface area contributed by atoms with Crippen LogP contribution in [0.3, 0.4) is 0 Å². The maximum Gasteiger partial charge on any atom is 0.404 e. The average molecular weight is 328 g/mol. The van der Waals surface area contributed by atoms with Gasteiger partial charge in [0.2, 0.25) is 0 Å². The zero-order valence-corrected chi connectivity index (χ0v) is 11.3. The lowest BCUT2D eigenvalue weighted by Crippen LogP contribution is -2.01. The Morgan fingerprint density at radius 2 is 2.33 bits per heavy atom. The number of nitrogens with zero attached hydrogens (tertiary/aromatic N) is 5. The zero-order chi connectivity index (χ0) is 12.7. The quantitative estimate of drug-likeness (QED) is 0.546. The van der Waals surface area contributed by atoms with Crippen LogP contribution >= 0.6 is 27.3 Å². The number of hydrogen-bond donors (Lipinski definition) is 0. The first-order chi connectivity index (χ1) is 8.63. The van der Waals surface area contributed by atoms with Gasteiger partial charge in [-0.15, -0.1) is 11.3 Å². The molecule has 3 rings (SSSR count). The lowest BCUT2D eigenvalue weighted by Gasteiger charge is -1.90. The van der Waals surface area contributed by atoms with Gasteiger partial charge in [0, 0.05) is 17.8 Å². The molecule has 3 heterocycles. The van der Waals surface area contributed by atoms with Crippen molar-refractivity contribution in [3.63, 3.8) is 0 Å². The molecule has 0 aromatic carbocycles. The first-order valence-electron chi connectivity index (χ1n) is 4.92. The van der Waals surface area contributed by atoms with Gasteiger partial charge in [0.1, 0.15) is 11.0 Å². The summed E-state index contributed by atoms with van der Waals surface area (Å²) in [4.78, 5) is 15.4. The Morgan fingerprint density at radius 1 is 1.50 bits per heavy atom. The molecule has 18 heavy (non-hydrogen) atoms. The van der Waals surface area contributed by atoms with E-state index in [1.807, 2.05) is 22.2 Å². The highest BCUT2D eigenvalue weighted by Gasteiger charge is 2.19.